The Balaban J connectivity index is 2.16. The van der Waals surface area contributed by atoms with Gasteiger partial charge in [-0.2, -0.15) is 13.2 Å². The number of nitrogens with one attached hydrogen (secondary N) is 2. The highest BCUT2D eigenvalue weighted by atomic mass is 19.4. The van der Waals surface area contributed by atoms with Gasteiger partial charge in [0.15, 0.2) is 0 Å². The summed E-state index contributed by atoms with van der Waals surface area (Å²) in [7, 11) is 0. The largest absolute Gasteiger partial charge is 0.433 e. The maximum Gasteiger partial charge on any atom is 0.433 e. The molecular weight excluding hydrogens is 291 g/mol. The predicted molar refractivity (Wildman–Crippen MR) is 66.7 cm³/mol. The molecule has 0 saturated heterocycles. The highest BCUT2D eigenvalue weighted by Gasteiger charge is 2.34. The van der Waals surface area contributed by atoms with Crippen molar-refractivity contribution in [2.75, 3.05) is 11.9 Å². The molecule has 2 heterocycles. The van der Waals surface area contributed by atoms with Gasteiger partial charge in [0, 0.05) is 25.4 Å². The first-order valence-electron chi connectivity index (χ1n) is 5.81. The average molecular weight is 301 g/mol. The second kappa shape index (κ2) is 5.77. The van der Waals surface area contributed by atoms with E-state index in [1.165, 1.54) is 6.20 Å². The lowest BCUT2D eigenvalue weighted by Gasteiger charge is -2.10. The number of aromatic nitrogens is 3. The Bertz CT molecular complexity index is 627. The summed E-state index contributed by atoms with van der Waals surface area (Å²) in [5.74, 6) is 0.621. The monoisotopic (exact) mass is 301 g/mol. The molecule has 0 bridgehead atoms. The molecule has 0 aromatic carbocycles. The lowest BCUT2D eigenvalue weighted by atomic mass is 10.2. The van der Waals surface area contributed by atoms with Crippen molar-refractivity contribution in [3.8, 4) is 0 Å². The molecule has 2 N–H and O–H groups in total. The average Bonchev–Trinajstić information content (AvgIpc) is 2.90. The van der Waals surface area contributed by atoms with Crippen molar-refractivity contribution in [3.63, 3.8) is 0 Å². The zero-order chi connectivity index (χ0) is 15.5. The molecule has 0 aliphatic heterocycles. The molecule has 0 amide bonds. The molecule has 0 fully saturated rings. The second-order valence-corrected chi connectivity index (χ2v) is 4.05. The van der Waals surface area contributed by atoms with Gasteiger partial charge in [-0.05, 0) is 6.07 Å². The number of halogens is 3. The van der Waals surface area contributed by atoms with Crippen LogP contribution < -0.4 is 5.32 Å². The van der Waals surface area contributed by atoms with E-state index in [4.69, 9.17) is 0 Å². The first-order chi connectivity index (χ1) is 9.88. The molecule has 10 heteroatoms. The standard InChI is InChI=1S/C11H10F3N5O2/c12-11(13,14)9-5-7(8(6-18-9)19(20)21)15-2-1-10-16-3-4-17-10/h3-6H,1-2H2,(H,15,18)(H,16,17). The third-order valence-electron chi connectivity index (χ3n) is 2.60. The minimum absolute atomic E-state index is 0.190. The Hall–Kier alpha value is -2.65. The van der Waals surface area contributed by atoms with Gasteiger partial charge in [0.2, 0.25) is 0 Å². The van der Waals surface area contributed by atoms with Crippen LogP contribution in [0.3, 0.4) is 0 Å². The Morgan fingerprint density at radius 2 is 2.14 bits per heavy atom. The minimum Gasteiger partial charge on any atom is -0.379 e. The number of hydrogen-bond donors (Lipinski definition) is 2. The van der Waals surface area contributed by atoms with E-state index in [9.17, 15) is 23.3 Å². The molecular formula is C11H10F3N5O2. The van der Waals surface area contributed by atoms with Crippen molar-refractivity contribution in [2.45, 2.75) is 12.6 Å². The van der Waals surface area contributed by atoms with Gasteiger partial charge in [-0.1, -0.05) is 0 Å². The van der Waals surface area contributed by atoms with E-state index < -0.39 is 22.5 Å². The Kier molecular flexibility index (Phi) is 4.05. The predicted octanol–water partition coefficient (Wildman–Crippen LogP) is 2.39. The maximum absolute atomic E-state index is 12.6. The van der Waals surface area contributed by atoms with Gasteiger partial charge in [0.25, 0.3) is 0 Å². The van der Waals surface area contributed by atoms with E-state index in [0.29, 0.717) is 24.5 Å². The fourth-order valence-corrected chi connectivity index (χ4v) is 1.64. The molecule has 2 aromatic rings. The van der Waals surface area contributed by atoms with Crippen molar-refractivity contribution >= 4 is 11.4 Å². The number of nitrogens with zero attached hydrogens (tertiary/aromatic N) is 3. The van der Waals surface area contributed by atoms with Gasteiger partial charge in [-0.25, -0.2) is 9.97 Å². The number of H-pyrrole nitrogens is 1. The van der Waals surface area contributed by atoms with Crippen LogP contribution in [0.25, 0.3) is 0 Å². The summed E-state index contributed by atoms with van der Waals surface area (Å²) >= 11 is 0. The molecule has 0 radical (unpaired) electrons. The molecule has 0 unspecified atom stereocenters. The second-order valence-electron chi connectivity index (χ2n) is 4.05. The number of aromatic amines is 1. The van der Waals surface area contributed by atoms with Crippen LogP contribution in [0.4, 0.5) is 24.5 Å². The number of alkyl halides is 3. The lowest BCUT2D eigenvalue weighted by molar-refractivity contribution is -0.384. The third kappa shape index (κ3) is 3.68. The van der Waals surface area contributed by atoms with Crippen LogP contribution in [-0.2, 0) is 12.6 Å². The number of hydrogen-bond acceptors (Lipinski definition) is 5. The fourth-order valence-electron chi connectivity index (χ4n) is 1.64. The SMILES string of the molecule is O=[N+]([O-])c1cnc(C(F)(F)F)cc1NCCc1ncc[nH]1. The summed E-state index contributed by atoms with van der Waals surface area (Å²) in [6, 6.07) is 0.625. The molecule has 0 atom stereocenters. The highest BCUT2D eigenvalue weighted by Crippen LogP contribution is 2.32. The van der Waals surface area contributed by atoms with Gasteiger partial charge in [-0.3, -0.25) is 10.1 Å². The number of nitro groups is 1. The summed E-state index contributed by atoms with van der Waals surface area (Å²) in [6.45, 7) is 0.190. The van der Waals surface area contributed by atoms with Crippen molar-refractivity contribution in [2.24, 2.45) is 0 Å². The molecule has 2 rings (SSSR count). The van der Waals surface area contributed by atoms with Crippen molar-refractivity contribution in [1.29, 1.82) is 0 Å². The molecule has 21 heavy (non-hydrogen) atoms. The van der Waals surface area contributed by atoms with E-state index in [1.807, 2.05) is 0 Å². The van der Waals surface area contributed by atoms with E-state index in [1.54, 1.807) is 6.20 Å². The number of imidazole rings is 1. The molecule has 112 valence electrons. The van der Waals surface area contributed by atoms with Gasteiger partial charge < -0.3 is 10.3 Å². The highest BCUT2D eigenvalue weighted by molar-refractivity contribution is 5.61. The summed E-state index contributed by atoms with van der Waals surface area (Å²) in [5, 5.41) is 13.4. The van der Waals surface area contributed by atoms with Crippen LogP contribution in [0, 0.1) is 10.1 Å². The molecule has 0 saturated carbocycles. The first kappa shape index (κ1) is 14.8. The van der Waals surface area contributed by atoms with Crippen LogP contribution >= 0.6 is 0 Å². The lowest BCUT2D eigenvalue weighted by Crippen LogP contribution is -2.12. The summed E-state index contributed by atoms with van der Waals surface area (Å²) in [5.41, 5.74) is -1.93. The van der Waals surface area contributed by atoms with Crippen LogP contribution in [0.2, 0.25) is 0 Å². The first-order valence-corrected chi connectivity index (χ1v) is 5.81. The van der Waals surface area contributed by atoms with Crippen molar-refractivity contribution in [1.82, 2.24) is 15.0 Å². The smallest absolute Gasteiger partial charge is 0.379 e. The topological polar surface area (TPSA) is 96.7 Å². The number of anilines is 1. The van der Waals surface area contributed by atoms with Gasteiger partial charge >= 0.3 is 11.9 Å². The van der Waals surface area contributed by atoms with Crippen LogP contribution in [0.1, 0.15) is 11.5 Å². The Morgan fingerprint density at radius 3 is 2.71 bits per heavy atom. The molecule has 0 spiro atoms. The summed E-state index contributed by atoms with van der Waals surface area (Å²) in [4.78, 5) is 19.8. The maximum atomic E-state index is 12.6. The Morgan fingerprint density at radius 1 is 1.38 bits per heavy atom. The molecule has 7 nitrogen and oxygen atoms in total. The van der Waals surface area contributed by atoms with E-state index in [0.717, 1.165) is 0 Å². The van der Waals surface area contributed by atoms with E-state index >= 15 is 0 Å². The zero-order valence-corrected chi connectivity index (χ0v) is 10.5. The van der Waals surface area contributed by atoms with Crippen molar-refractivity contribution < 1.29 is 18.1 Å². The van der Waals surface area contributed by atoms with Gasteiger partial charge in [0.1, 0.15) is 23.4 Å². The third-order valence-corrected chi connectivity index (χ3v) is 2.60. The van der Waals surface area contributed by atoms with Crippen LogP contribution in [0.5, 0.6) is 0 Å². The fraction of sp³-hybridized carbons (Fsp3) is 0.273. The van der Waals surface area contributed by atoms with Crippen LogP contribution in [0.15, 0.2) is 24.7 Å². The Labute approximate surface area is 116 Å². The van der Waals surface area contributed by atoms with Gasteiger partial charge in [-0.15, -0.1) is 0 Å². The number of pyridine rings is 1. The quantitative estimate of drug-likeness (QED) is 0.653. The molecule has 2 aromatic heterocycles. The molecule has 0 aliphatic rings. The van der Waals surface area contributed by atoms with Crippen LogP contribution in [-0.4, -0.2) is 26.4 Å². The van der Waals surface area contributed by atoms with E-state index in [2.05, 4.69) is 20.3 Å². The zero-order valence-electron chi connectivity index (χ0n) is 10.5. The molecule has 0 aliphatic carbocycles. The van der Waals surface area contributed by atoms with Crippen molar-refractivity contribution in [3.05, 3.63) is 46.3 Å². The minimum atomic E-state index is -4.66. The van der Waals surface area contributed by atoms with Gasteiger partial charge in [0.05, 0.1) is 4.92 Å². The summed E-state index contributed by atoms with van der Waals surface area (Å²) in [6.07, 6.45) is -0.545. The number of rotatable bonds is 5. The normalized spacial score (nSPS) is 11.4. The summed E-state index contributed by atoms with van der Waals surface area (Å²) < 4.78 is 37.7. The van der Waals surface area contributed by atoms with E-state index in [-0.39, 0.29) is 12.2 Å².